The van der Waals surface area contributed by atoms with E-state index in [0.29, 0.717) is 32.7 Å². The number of carbonyl (C=O) groups excluding carboxylic acids is 1. The van der Waals surface area contributed by atoms with Crippen LogP contribution in [0, 0.1) is 18.3 Å². The van der Waals surface area contributed by atoms with Gasteiger partial charge < -0.3 is 4.42 Å². The fourth-order valence-corrected chi connectivity index (χ4v) is 3.28. The summed E-state index contributed by atoms with van der Waals surface area (Å²) >= 11 is 5.99. The highest BCUT2D eigenvalue weighted by Crippen LogP contribution is 2.29. The molecule has 0 radical (unpaired) electrons. The summed E-state index contributed by atoms with van der Waals surface area (Å²) in [5, 5.41) is 9.85. The van der Waals surface area contributed by atoms with E-state index in [4.69, 9.17) is 21.3 Å². The van der Waals surface area contributed by atoms with Crippen molar-refractivity contribution in [2.45, 2.75) is 6.92 Å². The van der Waals surface area contributed by atoms with E-state index in [1.165, 1.54) is 12.1 Å². The van der Waals surface area contributed by atoms with Gasteiger partial charge in [-0.15, -0.1) is 0 Å². The number of rotatable bonds is 3. The largest absolute Gasteiger partial charge is 0.455 e. The third kappa shape index (κ3) is 3.44. The van der Waals surface area contributed by atoms with Crippen molar-refractivity contribution in [2.24, 2.45) is 0 Å². The first-order chi connectivity index (χ1) is 14.0. The number of aryl methyl sites for hydroxylation is 1. The van der Waals surface area contributed by atoms with Crippen LogP contribution < -0.4 is 5.43 Å². The molecular formula is C24H14ClNO3. The maximum Gasteiger partial charge on any atom is 0.204 e. The molecule has 1 heterocycles. The van der Waals surface area contributed by atoms with E-state index in [2.05, 4.69) is 0 Å². The Morgan fingerprint density at radius 2 is 1.69 bits per heavy atom. The summed E-state index contributed by atoms with van der Waals surface area (Å²) < 4.78 is 6.05. The third-order valence-electron chi connectivity index (χ3n) is 4.66. The summed E-state index contributed by atoms with van der Waals surface area (Å²) in [6.45, 7) is 1.90. The van der Waals surface area contributed by atoms with Gasteiger partial charge in [0, 0.05) is 16.1 Å². The molecule has 0 unspecified atom stereocenters. The van der Waals surface area contributed by atoms with Crippen LogP contribution >= 0.6 is 11.6 Å². The van der Waals surface area contributed by atoms with E-state index in [1.807, 2.05) is 13.0 Å². The number of hydrogen-bond donors (Lipinski definition) is 0. The molecule has 4 nitrogen and oxygen atoms in total. The number of nitriles is 1. The molecular weight excluding hydrogens is 386 g/mol. The minimum absolute atomic E-state index is 0.0478. The molecule has 0 amide bonds. The molecule has 0 aliphatic rings. The summed E-state index contributed by atoms with van der Waals surface area (Å²) in [5.74, 6) is -0.269. The summed E-state index contributed by atoms with van der Waals surface area (Å²) in [5.41, 5.74) is 2.22. The standard InChI is InChI=1S/C24H14ClNO3/c1-14-2-11-19-20(12-14)29-24(17-7-9-18(25)10-8-17)21(23(19)28)22(27)16-5-3-15(13-26)4-6-16/h2-12H,1H3. The van der Waals surface area contributed by atoms with Crippen LogP contribution in [0.2, 0.25) is 5.02 Å². The number of ketones is 1. The number of hydrogen-bond acceptors (Lipinski definition) is 4. The van der Waals surface area contributed by atoms with Crippen molar-refractivity contribution >= 4 is 28.4 Å². The van der Waals surface area contributed by atoms with Gasteiger partial charge in [0.1, 0.15) is 16.9 Å². The van der Waals surface area contributed by atoms with E-state index in [1.54, 1.807) is 54.6 Å². The van der Waals surface area contributed by atoms with Gasteiger partial charge in [0.15, 0.2) is 0 Å². The average Bonchev–Trinajstić information content (AvgIpc) is 2.73. The predicted octanol–water partition coefficient (Wildman–Crippen LogP) is 5.52. The van der Waals surface area contributed by atoms with Gasteiger partial charge in [-0.2, -0.15) is 5.26 Å². The number of benzene rings is 3. The monoisotopic (exact) mass is 399 g/mol. The van der Waals surface area contributed by atoms with Crippen molar-refractivity contribution < 1.29 is 9.21 Å². The molecule has 1 aromatic heterocycles. The lowest BCUT2D eigenvalue weighted by atomic mass is 9.96. The minimum Gasteiger partial charge on any atom is -0.455 e. The zero-order valence-electron chi connectivity index (χ0n) is 15.4. The van der Waals surface area contributed by atoms with E-state index < -0.39 is 11.2 Å². The first kappa shape index (κ1) is 18.7. The number of halogens is 1. The SMILES string of the molecule is Cc1ccc2c(=O)c(C(=O)c3ccc(C#N)cc3)c(-c3ccc(Cl)cc3)oc2c1. The van der Waals surface area contributed by atoms with Crippen molar-refractivity contribution in [1.29, 1.82) is 5.26 Å². The van der Waals surface area contributed by atoms with E-state index in [9.17, 15) is 9.59 Å². The Kier molecular flexibility index (Phi) is 4.75. The molecule has 0 fully saturated rings. The highest BCUT2D eigenvalue weighted by Gasteiger charge is 2.23. The van der Waals surface area contributed by atoms with Crippen LogP contribution in [0.5, 0.6) is 0 Å². The van der Waals surface area contributed by atoms with Gasteiger partial charge in [-0.3, -0.25) is 9.59 Å². The normalized spacial score (nSPS) is 10.7. The van der Waals surface area contributed by atoms with Gasteiger partial charge in [0.2, 0.25) is 11.2 Å². The van der Waals surface area contributed by atoms with Crippen molar-refractivity contribution in [3.8, 4) is 17.4 Å². The molecule has 0 N–H and O–H groups in total. The first-order valence-corrected chi connectivity index (χ1v) is 9.24. The van der Waals surface area contributed by atoms with Gasteiger partial charge in [-0.25, -0.2) is 0 Å². The molecule has 4 aromatic rings. The number of nitrogens with zero attached hydrogens (tertiary/aromatic N) is 1. The van der Waals surface area contributed by atoms with Crippen LogP contribution in [-0.4, -0.2) is 5.78 Å². The van der Waals surface area contributed by atoms with E-state index >= 15 is 0 Å². The van der Waals surface area contributed by atoms with Crippen LogP contribution in [0.3, 0.4) is 0 Å². The second-order valence-corrected chi connectivity index (χ2v) is 7.10. The Morgan fingerprint density at radius 3 is 2.34 bits per heavy atom. The summed E-state index contributed by atoms with van der Waals surface area (Å²) in [6.07, 6.45) is 0. The Bertz CT molecular complexity index is 1340. The molecule has 29 heavy (non-hydrogen) atoms. The number of carbonyl (C=O) groups is 1. The van der Waals surface area contributed by atoms with Crippen LogP contribution in [0.1, 0.15) is 27.0 Å². The lowest BCUT2D eigenvalue weighted by Crippen LogP contribution is -2.18. The molecule has 4 rings (SSSR count). The summed E-state index contributed by atoms with van der Waals surface area (Å²) in [6, 6.07) is 20.2. The van der Waals surface area contributed by atoms with Gasteiger partial charge in [-0.1, -0.05) is 17.7 Å². The number of fused-ring (bicyclic) bond motifs is 1. The fourth-order valence-electron chi connectivity index (χ4n) is 3.15. The summed E-state index contributed by atoms with van der Waals surface area (Å²) in [4.78, 5) is 26.5. The Balaban J connectivity index is 2.01. The molecule has 0 atom stereocenters. The van der Waals surface area contributed by atoms with E-state index in [-0.39, 0.29) is 11.3 Å². The predicted molar refractivity (Wildman–Crippen MR) is 112 cm³/mol. The van der Waals surface area contributed by atoms with Gasteiger partial charge >= 0.3 is 0 Å². The highest BCUT2D eigenvalue weighted by molar-refractivity contribution is 6.30. The van der Waals surface area contributed by atoms with Crippen LogP contribution in [0.4, 0.5) is 0 Å². The van der Waals surface area contributed by atoms with Gasteiger partial charge in [0.05, 0.1) is 17.0 Å². The maximum absolute atomic E-state index is 13.3. The zero-order valence-corrected chi connectivity index (χ0v) is 16.2. The second-order valence-electron chi connectivity index (χ2n) is 6.66. The van der Waals surface area contributed by atoms with Crippen LogP contribution in [0.25, 0.3) is 22.3 Å². The quantitative estimate of drug-likeness (QED) is 0.425. The van der Waals surface area contributed by atoms with Crippen molar-refractivity contribution in [1.82, 2.24) is 0 Å². The Morgan fingerprint density at radius 1 is 1.00 bits per heavy atom. The molecule has 0 saturated carbocycles. The molecule has 5 heteroatoms. The van der Waals surface area contributed by atoms with Crippen molar-refractivity contribution in [2.75, 3.05) is 0 Å². The van der Waals surface area contributed by atoms with Crippen molar-refractivity contribution in [3.63, 3.8) is 0 Å². The lowest BCUT2D eigenvalue weighted by Gasteiger charge is -2.10. The Labute approximate surface area is 171 Å². The zero-order chi connectivity index (χ0) is 20.5. The Hall–Kier alpha value is -3.68. The van der Waals surface area contributed by atoms with E-state index in [0.717, 1.165) is 5.56 Å². The van der Waals surface area contributed by atoms with Gasteiger partial charge in [0.25, 0.3) is 0 Å². The summed E-state index contributed by atoms with van der Waals surface area (Å²) in [7, 11) is 0. The topological polar surface area (TPSA) is 71.1 Å². The minimum atomic E-state index is -0.462. The molecule has 0 spiro atoms. The second kappa shape index (κ2) is 7.38. The van der Waals surface area contributed by atoms with Crippen LogP contribution in [0.15, 0.2) is 75.9 Å². The van der Waals surface area contributed by atoms with Crippen LogP contribution in [-0.2, 0) is 0 Å². The molecule has 140 valence electrons. The average molecular weight is 400 g/mol. The van der Waals surface area contributed by atoms with Gasteiger partial charge in [-0.05, 0) is 73.2 Å². The highest BCUT2D eigenvalue weighted by atomic mass is 35.5. The molecule has 0 aliphatic carbocycles. The molecule has 0 aliphatic heterocycles. The fraction of sp³-hybridized carbons (Fsp3) is 0.0417. The molecule has 3 aromatic carbocycles. The van der Waals surface area contributed by atoms with Crippen molar-refractivity contribution in [3.05, 3.63) is 104 Å². The molecule has 0 saturated heterocycles. The smallest absolute Gasteiger partial charge is 0.204 e. The molecule has 0 bridgehead atoms. The third-order valence-corrected chi connectivity index (χ3v) is 4.91. The maximum atomic E-state index is 13.3. The lowest BCUT2D eigenvalue weighted by molar-refractivity contribution is 0.103. The first-order valence-electron chi connectivity index (χ1n) is 8.86.